The van der Waals surface area contributed by atoms with E-state index in [2.05, 4.69) is 4.98 Å². The van der Waals surface area contributed by atoms with Gasteiger partial charge in [0.2, 0.25) is 0 Å². The molecule has 20 heavy (non-hydrogen) atoms. The number of likely N-dealkylation sites (tertiary alicyclic amines) is 1. The van der Waals surface area contributed by atoms with Crippen LogP contribution >= 0.6 is 0 Å². The molecule has 5 nitrogen and oxygen atoms in total. The first-order valence-electron chi connectivity index (χ1n) is 6.68. The molecule has 0 aromatic carbocycles. The van der Waals surface area contributed by atoms with E-state index < -0.39 is 23.7 Å². The van der Waals surface area contributed by atoms with Crippen LogP contribution in [0.3, 0.4) is 0 Å². The number of amides is 1. The standard InChI is InChI=1S/C14H17FN2O3/c1-2-9-5-6-17(12(7-9)14(19)20)13(18)11-4-3-10(15)8-16-11/h3-4,8-9,12H,2,5-7H2,1H3,(H,19,20). The zero-order chi connectivity index (χ0) is 14.7. The molecule has 0 aliphatic carbocycles. The van der Waals surface area contributed by atoms with Crippen molar-refractivity contribution in [1.29, 1.82) is 0 Å². The highest BCUT2D eigenvalue weighted by Gasteiger charge is 2.36. The highest BCUT2D eigenvalue weighted by molar-refractivity contribution is 5.95. The molecule has 0 saturated carbocycles. The van der Waals surface area contributed by atoms with Crippen LogP contribution in [-0.2, 0) is 4.79 Å². The van der Waals surface area contributed by atoms with E-state index in [4.69, 9.17) is 0 Å². The average Bonchev–Trinajstić information content (AvgIpc) is 2.46. The van der Waals surface area contributed by atoms with Gasteiger partial charge in [-0.2, -0.15) is 0 Å². The van der Waals surface area contributed by atoms with Crippen LogP contribution in [0.15, 0.2) is 18.3 Å². The molecule has 108 valence electrons. The Bertz CT molecular complexity index is 504. The number of rotatable bonds is 3. The molecule has 2 heterocycles. The Hall–Kier alpha value is -1.98. The smallest absolute Gasteiger partial charge is 0.326 e. The van der Waals surface area contributed by atoms with E-state index in [-0.39, 0.29) is 5.69 Å². The molecular formula is C14H17FN2O3. The lowest BCUT2D eigenvalue weighted by Gasteiger charge is -2.36. The Balaban J connectivity index is 2.19. The number of halogens is 1. The fourth-order valence-corrected chi connectivity index (χ4v) is 2.54. The van der Waals surface area contributed by atoms with Crippen molar-refractivity contribution in [2.24, 2.45) is 5.92 Å². The monoisotopic (exact) mass is 280 g/mol. The van der Waals surface area contributed by atoms with E-state index in [0.717, 1.165) is 25.1 Å². The topological polar surface area (TPSA) is 70.5 Å². The Morgan fingerprint density at radius 3 is 2.80 bits per heavy atom. The van der Waals surface area contributed by atoms with Crippen LogP contribution in [-0.4, -0.2) is 39.5 Å². The normalized spacial score (nSPS) is 22.6. The zero-order valence-corrected chi connectivity index (χ0v) is 11.3. The average molecular weight is 280 g/mol. The quantitative estimate of drug-likeness (QED) is 0.918. The van der Waals surface area contributed by atoms with Gasteiger partial charge in [-0.1, -0.05) is 13.3 Å². The minimum atomic E-state index is -1.00. The van der Waals surface area contributed by atoms with Crippen LogP contribution in [0.4, 0.5) is 4.39 Å². The van der Waals surface area contributed by atoms with Gasteiger partial charge < -0.3 is 10.0 Å². The molecule has 0 spiro atoms. The Morgan fingerprint density at radius 1 is 1.50 bits per heavy atom. The van der Waals surface area contributed by atoms with Gasteiger partial charge in [-0.15, -0.1) is 0 Å². The molecule has 2 rings (SSSR count). The second kappa shape index (κ2) is 5.98. The maximum Gasteiger partial charge on any atom is 0.326 e. The van der Waals surface area contributed by atoms with Gasteiger partial charge in [-0.3, -0.25) is 4.79 Å². The first kappa shape index (κ1) is 14.4. The molecule has 0 bridgehead atoms. The summed E-state index contributed by atoms with van der Waals surface area (Å²) in [5, 5.41) is 9.29. The molecule has 1 aliphatic rings. The summed E-state index contributed by atoms with van der Waals surface area (Å²) < 4.78 is 12.8. The van der Waals surface area contributed by atoms with Crippen LogP contribution in [0.2, 0.25) is 0 Å². The lowest BCUT2D eigenvalue weighted by Crippen LogP contribution is -2.50. The minimum Gasteiger partial charge on any atom is -0.480 e. The number of piperidine rings is 1. The summed E-state index contributed by atoms with van der Waals surface area (Å²) in [5.74, 6) is -1.66. The van der Waals surface area contributed by atoms with Crippen molar-refractivity contribution in [2.45, 2.75) is 32.2 Å². The van der Waals surface area contributed by atoms with Crippen molar-refractivity contribution >= 4 is 11.9 Å². The molecule has 1 amide bonds. The third kappa shape index (κ3) is 2.95. The second-order valence-corrected chi connectivity index (χ2v) is 5.01. The summed E-state index contributed by atoms with van der Waals surface area (Å²) in [6.45, 7) is 2.41. The molecule has 1 N–H and O–H groups in total. The van der Waals surface area contributed by atoms with E-state index in [9.17, 15) is 19.1 Å². The van der Waals surface area contributed by atoms with Gasteiger partial charge in [0.15, 0.2) is 0 Å². The zero-order valence-electron chi connectivity index (χ0n) is 11.3. The summed E-state index contributed by atoms with van der Waals surface area (Å²) in [4.78, 5) is 28.7. The van der Waals surface area contributed by atoms with Gasteiger partial charge in [0.1, 0.15) is 17.6 Å². The highest BCUT2D eigenvalue weighted by Crippen LogP contribution is 2.26. The van der Waals surface area contributed by atoms with E-state index in [0.29, 0.717) is 18.9 Å². The minimum absolute atomic E-state index is 0.0765. The number of carboxylic acid groups (broad SMARTS) is 1. The highest BCUT2D eigenvalue weighted by atomic mass is 19.1. The van der Waals surface area contributed by atoms with Crippen molar-refractivity contribution in [3.8, 4) is 0 Å². The summed E-state index contributed by atoms with van der Waals surface area (Å²) in [7, 11) is 0. The van der Waals surface area contributed by atoms with E-state index in [1.807, 2.05) is 6.92 Å². The lowest BCUT2D eigenvalue weighted by atomic mass is 9.88. The van der Waals surface area contributed by atoms with Crippen molar-refractivity contribution in [3.05, 3.63) is 29.8 Å². The molecule has 1 saturated heterocycles. The van der Waals surface area contributed by atoms with Gasteiger partial charge in [0.25, 0.3) is 5.91 Å². The number of carboxylic acids is 1. The van der Waals surface area contributed by atoms with Gasteiger partial charge in [0, 0.05) is 6.54 Å². The first-order chi connectivity index (χ1) is 9.52. The summed E-state index contributed by atoms with van der Waals surface area (Å²) >= 11 is 0. The fourth-order valence-electron chi connectivity index (χ4n) is 2.54. The molecular weight excluding hydrogens is 263 g/mol. The van der Waals surface area contributed by atoms with Gasteiger partial charge in [0.05, 0.1) is 6.20 Å². The van der Waals surface area contributed by atoms with Crippen LogP contribution in [0.5, 0.6) is 0 Å². The number of nitrogens with zero attached hydrogens (tertiary/aromatic N) is 2. The van der Waals surface area contributed by atoms with Crippen molar-refractivity contribution in [3.63, 3.8) is 0 Å². The van der Waals surface area contributed by atoms with Crippen LogP contribution in [0.1, 0.15) is 36.7 Å². The van der Waals surface area contributed by atoms with Gasteiger partial charge >= 0.3 is 5.97 Å². The van der Waals surface area contributed by atoms with E-state index in [1.165, 1.54) is 11.0 Å². The Kier molecular flexibility index (Phi) is 4.32. The molecule has 2 atom stereocenters. The van der Waals surface area contributed by atoms with Gasteiger partial charge in [-0.05, 0) is 30.9 Å². The third-order valence-corrected chi connectivity index (χ3v) is 3.78. The Labute approximate surface area is 116 Å². The summed E-state index contributed by atoms with van der Waals surface area (Å²) in [5.41, 5.74) is 0.0765. The van der Waals surface area contributed by atoms with Crippen molar-refractivity contribution in [2.75, 3.05) is 6.54 Å². The number of aromatic nitrogens is 1. The van der Waals surface area contributed by atoms with Crippen molar-refractivity contribution in [1.82, 2.24) is 9.88 Å². The molecule has 0 radical (unpaired) electrons. The molecule has 1 aromatic rings. The Morgan fingerprint density at radius 2 is 2.25 bits per heavy atom. The predicted molar refractivity (Wildman–Crippen MR) is 69.7 cm³/mol. The predicted octanol–water partition coefficient (Wildman–Crippen LogP) is 1.94. The lowest BCUT2D eigenvalue weighted by molar-refractivity contribution is -0.144. The van der Waals surface area contributed by atoms with E-state index >= 15 is 0 Å². The number of carbonyl (C=O) groups is 2. The van der Waals surface area contributed by atoms with Crippen LogP contribution in [0.25, 0.3) is 0 Å². The van der Waals surface area contributed by atoms with E-state index in [1.54, 1.807) is 0 Å². The first-order valence-corrected chi connectivity index (χ1v) is 6.68. The summed E-state index contributed by atoms with van der Waals surface area (Å²) in [6.07, 6.45) is 3.11. The number of pyridine rings is 1. The number of hydrogen-bond donors (Lipinski definition) is 1. The maximum atomic E-state index is 12.8. The second-order valence-electron chi connectivity index (χ2n) is 5.01. The SMILES string of the molecule is CCC1CCN(C(=O)c2ccc(F)cn2)C(C(=O)O)C1. The largest absolute Gasteiger partial charge is 0.480 e. The number of aliphatic carboxylic acids is 1. The fraction of sp³-hybridized carbons (Fsp3) is 0.500. The molecule has 1 aliphatic heterocycles. The van der Waals surface area contributed by atoms with Gasteiger partial charge in [-0.25, -0.2) is 14.2 Å². The molecule has 1 aromatic heterocycles. The molecule has 2 unspecified atom stereocenters. The molecule has 1 fully saturated rings. The molecule has 6 heteroatoms. The number of carbonyl (C=O) groups excluding carboxylic acids is 1. The van der Waals surface area contributed by atoms with Crippen LogP contribution in [0, 0.1) is 11.7 Å². The third-order valence-electron chi connectivity index (χ3n) is 3.78. The van der Waals surface area contributed by atoms with Crippen LogP contribution < -0.4 is 0 Å². The van der Waals surface area contributed by atoms with Crippen molar-refractivity contribution < 1.29 is 19.1 Å². The maximum absolute atomic E-state index is 12.8. The summed E-state index contributed by atoms with van der Waals surface area (Å²) in [6, 6.07) is 1.60. The number of hydrogen-bond acceptors (Lipinski definition) is 3.